The first-order chi connectivity index (χ1) is 12.2. The summed E-state index contributed by atoms with van der Waals surface area (Å²) in [4.78, 5) is 4.22. The fourth-order valence-electron chi connectivity index (χ4n) is 2.48. The van der Waals surface area contributed by atoms with Gasteiger partial charge in [-0.15, -0.1) is 24.0 Å². The topological polar surface area (TPSA) is 80.9 Å². The molecule has 152 valence electrons. The Morgan fingerprint density at radius 2 is 1.96 bits per heavy atom. The van der Waals surface area contributed by atoms with Crippen molar-refractivity contribution in [1.82, 2.24) is 15.8 Å². The molecule has 8 heteroatoms. The number of hydrogen-bond acceptors (Lipinski definition) is 5. The van der Waals surface area contributed by atoms with E-state index in [0.717, 1.165) is 56.2 Å². The molecule has 0 atom stereocenters. The third-order valence-corrected chi connectivity index (χ3v) is 4.07. The van der Waals surface area contributed by atoms with Crippen molar-refractivity contribution in [2.75, 3.05) is 40.5 Å². The van der Waals surface area contributed by atoms with Crippen LogP contribution in [0.2, 0.25) is 0 Å². The minimum atomic E-state index is 0. The highest BCUT2D eigenvalue weighted by molar-refractivity contribution is 14.0. The van der Waals surface area contributed by atoms with Gasteiger partial charge in [-0.25, -0.2) is 0 Å². The summed E-state index contributed by atoms with van der Waals surface area (Å²) in [6.45, 7) is 7.84. The SMILES string of the molecule is CCC(CC)c1cc(CNC(=NC)NCCCCOCCOC)on1.I. The van der Waals surface area contributed by atoms with E-state index in [9.17, 15) is 0 Å². The van der Waals surface area contributed by atoms with Crippen molar-refractivity contribution >= 4 is 29.9 Å². The molecular weight excluding hydrogens is 447 g/mol. The summed E-state index contributed by atoms with van der Waals surface area (Å²) in [5.41, 5.74) is 1.04. The third-order valence-electron chi connectivity index (χ3n) is 4.07. The summed E-state index contributed by atoms with van der Waals surface area (Å²) in [6.07, 6.45) is 4.19. The highest BCUT2D eigenvalue weighted by Gasteiger charge is 2.13. The molecule has 0 aliphatic rings. The van der Waals surface area contributed by atoms with Crippen molar-refractivity contribution in [3.63, 3.8) is 0 Å². The van der Waals surface area contributed by atoms with Crippen molar-refractivity contribution in [1.29, 1.82) is 0 Å². The van der Waals surface area contributed by atoms with Gasteiger partial charge < -0.3 is 24.6 Å². The second-order valence-electron chi connectivity index (χ2n) is 5.90. The van der Waals surface area contributed by atoms with Crippen molar-refractivity contribution in [2.45, 2.75) is 52.0 Å². The van der Waals surface area contributed by atoms with Gasteiger partial charge in [-0.05, 0) is 25.7 Å². The molecule has 0 bridgehead atoms. The second-order valence-corrected chi connectivity index (χ2v) is 5.90. The zero-order valence-electron chi connectivity index (χ0n) is 16.5. The van der Waals surface area contributed by atoms with Gasteiger partial charge in [-0.1, -0.05) is 19.0 Å². The minimum absolute atomic E-state index is 0. The van der Waals surface area contributed by atoms with Crippen LogP contribution in [0.1, 0.15) is 56.9 Å². The summed E-state index contributed by atoms with van der Waals surface area (Å²) < 4.78 is 15.8. The molecule has 1 rings (SSSR count). The standard InChI is InChI=1S/C18H34N4O3.HI/c1-5-15(6-2)17-13-16(25-22-17)14-21-18(19-3)20-9-7-8-10-24-12-11-23-4;/h13,15H,5-12,14H2,1-4H3,(H2,19,20,21);1H. The maximum atomic E-state index is 5.43. The first-order valence-corrected chi connectivity index (χ1v) is 9.21. The molecule has 0 aliphatic heterocycles. The van der Waals surface area contributed by atoms with E-state index in [1.807, 2.05) is 6.07 Å². The van der Waals surface area contributed by atoms with Crippen LogP contribution in [-0.2, 0) is 16.0 Å². The number of unbranched alkanes of at least 4 members (excludes halogenated alkanes) is 1. The number of guanidine groups is 1. The molecule has 0 unspecified atom stereocenters. The first-order valence-electron chi connectivity index (χ1n) is 9.21. The molecular formula is C18H35IN4O3. The van der Waals surface area contributed by atoms with Crippen LogP contribution in [0.3, 0.4) is 0 Å². The summed E-state index contributed by atoms with van der Waals surface area (Å²) >= 11 is 0. The van der Waals surface area contributed by atoms with Crippen LogP contribution in [0, 0.1) is 0 Å². The predicted octanol–water partition coefficient (Wildman–Crippen LogP) is 3.30. The van der Waals surface area contributed by atoms with Crippen molar-refractivity contribution in [2.24, 2.45) is 4.99 Å². The molecule has 0 radical (unpaired) electrons. The Labute approximate surface area is 174 Å². The molecule has 0 aliphatic carbocycles. The molecule has 0 aromatic carbocycles. The highest BCUT2D eigenvalue weighted by Crippen LogP contribution is 2.22. The monoisotopic (exact) mass is 482 g/mol. The van der Waals surface area contributed by atoms with Crippen molar-refractivity contribution in [3.8, 4) is 0 Å². The van der Waals surface area contributed by atoms with E-state index >= 15 is 0 Å². The number of rotatable bonds is 13. The van der Waals surface area contributed by atoms with Gasteiger partial charge in [0.25, 0.3) is 0 Å². The molecule has 0 spiro atoms. The van der Waals surface area contributed by atoms with Gasteiger partial charge in [0, 0.05) is 39.3 Å². The Morgan fingerprint density at radius 3 is 2.62 bits per heavy atom. The van der Waals surface area contributed by atoms with E-state index in [1.54, 1.807) is 14.2 Å². The van der Waals surface area contributed by atoms with Crippen LogP contribution in [-0.4, -0.2) is 51.6 Å². The molecule has 1 aromatic rings. The molecule has 1 heterocycles. The van der Waals surface area contributed by atoms with Gasteiger partial charge in [0.1, 0.15) is 0 Å². The van der Waals surface area contributed by atoms with E-state index in [0.29, 0.717) is 25.7 Å². The molecule has 0 fully saturated rings. The van der Waals surface area contributed by atoms with Crippen LogP contribution in [0.15, 0.2) is 15.6 Å². The average molecular weight is 482 g/mol. The number of halogens is 1. The first kappa shape index (κ1) is 25.1. The van der Waals surface area contributed by atoms with E-state index in [1.165, 1.54) is 0 Å². The lowest BCUT2D eigenvalue weighted by Gasteiger charge is -2.10. The smallest absolute Gasteiger partial charge is 0.191 e. The lowest BCUT2D eigenvalue weighted by molar-refractivity contribution is 0.0689. The van der Waals surface area contributed by atoms with Gasteiger partial charge in [0.2, 0.25) is 0 Å². The Hall–Kier alpha value is -0.870. The summed E-state index contributed by atoms with van der Waals surface area (Å²) in [5.74, 6) is 2.07. The number of nitrogens with zero attached hydrogens (tertiary/aromatic N) is 2. The Morgan fingerprint density at radius 1 is 1.19 bits per heavy atom. The summed E-state index contributed by atoms with van der Waals surface area (Å²) in [7, 11) is 3.44. The average Bonchev–Trinajstić information content (AvgIpc) is 3.09. The Kier molecular flexibility index (Phi) is 15.8. The van der Waals surface area contributed by atoms with Crippen molar-refractivity contribution in [3.05, 3.63) is 17.5 Å². The number of aromatic nitrogens is 1. The lowest BCUT2D eigenvalue weighted by atomic mass is 9.99. The van der Waals surface area contributed by atoms with Gasteiger partial charge in [-0.3, -0.25) is 4.99 Å². The quantitative estimate of drug-likeness (QED) is 0.194. The van der Waals surface area contributed by atoms with E-state index < -0.39 is 0 Å². The zero-order valence-corrected chi connectivity index (χ0v) is 18.9. The van der Waals surface area contributed by atoms with Gasteiger partial charge in [0.05, 0.1) is 25.5 Å². The number of ether oxygens (including phenoxy) is 2. The van der Waals surface area contributed by atoms with E-state index in [2.05, 4.69) is 34.6 Å². The second kappa shape index (κ2) is 16.3. The molecule has 0 amide bonds. The molecule has 7 nitrogen and oxygen atoms in total. The van der Waals surface area contributed by atoms with Crippen LogP contribution in [0.5, 0.6) is 0 Å². The fraction of sp³-hybridized carbons (Fsp3) is 0.778. The third kappa shape index (κ3) is 10.3. The van der Waals surface area contributed by atoms with Gasteiger partial charge in [-0.2, -0.15) is 0 Å². The van der Waals surface area contributed by atoms with Crippen LogP contribution >= 0.6 is 24.0 Å². The Bertz CT molecular complexity index is 479. The lowest BCUT2D eigenvalue weighted by Crippen LogP contribution is -2.37. The molecule has 26 heavy (non-hydrogen) atoms. The normalized spacial score (nSPS) is 11.5. The van der Waals surface area contributed by atoms with Crippen molar-refractivity contribution < 1.29 is 14.0 Å². The van der Waals surface area contributed by atoms with Gasteiger partial charge in [0.15, 0.2) is 11.7 Å². The van der Waals surface area contributed by atoms with E-state index in [-0.39, 0.29) is 24.0 Å². The predicted molar refractivity (Wildman–Crippen MR) is 115 cm³/mol. The number of hydrogen-bond donors (Lipinski definition) is 2. The fourth-order valence-corrected chi connectivity index (χ4v) is 2.48. The molecule has 0 saturated carbocycles. The van der Waals surface area contributed by atoms with Crippen LogP contribution < -0.4 is 10.6 Å². The minimum Gasteiger partial charge on any atom is -0.382 e. The maximum Gasteiger partial charge on any atom is 0.191 e. The largest absolute Gasteiger partial charge is 0.382 e. The number of nitrogens with one attached hydrogen (secondary N) is 2. The van der Waals surface area contributed by atoms with Gasteiger partial charge >= 0.3 is 0 Å². The van der Waals surface area contributed by atoms with E-state index in [4.69, 9.17) is 14.0 Å². The van der Waals surface area contributed by atoms with Crippen LogP contribution in [0.25, 0.3) is 0 Å². The summed E-state index contributed by atoms with van der Waals surface area (Å²) in [5, 5.41) is 10.7. The Balaban J connectivity index is 0.00000625. The van der Waals surface area contributed by atoms with Crippen LogP contribution in [0.4, 0.5) is 0 Å². The molecule has 1 aromatic heterocycles. The number of aliphatic imine (C=N–C) groups is 1. The number of methoxy groups -OCH3 is 1. The molecule has 0 saturated heterocycles. The zero-order chi connectivity index (χ0) is 18.3. The molecule has 2 N–H and O–H groups in total. The maximum absolute atomic E-state index is 5.43. The highest BCUT2D eigenvalue weighted by atomic mass is 127. The summed E-state index contributed by atoms with van der Waals surface area (Å²) in [6, 6.07) is 2.04.